The number of nitrogens with one attached hydrogen (secondary N) is 1. The van der Waals surface area contributed by atoms with Crippen molar-refractivity contribution >= 4 is 27.3 Å². The topological polar surface area (TPSA) is 72.5 Å². The van der Waals surface area contributed by atoms with Gasteiger partial charge >= 0.3 is 0 Å². The Morgan fingerprint density at radius 3 is 2.71 bits per heavy atom. The first-order valence-corrected chi connectivity index (χ1v) is 7.97. The van der Waals surface area contributed by atoms with E-state index in [4.69, 9.17) is 16.3 Å². The lowest BCUT2D eigenvalue weighted by molar-refractivity contribution is -0.123. The van der Waals surface area contributed by atoms with Crippen LogP contribution in [0, 0.1) is 0 Å². The molecule has 5 nitrogen and oxygen atoms in total. The summed E-state index contributed by atoms with van der Waals surface area (Å²) in [6.07, 6.45) is 2.14. The molecule has 2 heterocycles. The number of alkyl halides is 1. The first-order chi connectivity index (χ1) is 7.96. The van der Waals surface area contributed by atoms with Crippen LogP contribution in [-0.4, -0.2) is 50.0 Å². The summed E-state index contributed by atoms with van der Waals surface area (Å²) in [6, 6.07) is -0.462. The molecule has 0 aliphatic carbocycles. The van der Waals surface area contributed by atoms with Gasteiger partial charge in [0.25, 0.3) is 0 Å². The van der Waals surface area contributed by atoms with Crippen LogP contribution in [0.2, 0.25) is 0 Å². The van der Waals surface area contributed by atoms with Crippen LogP contribution in [-0.2, 0) is 19.4 Å². The first kappa shape index (κ1) is 13.1. The Hall–Kier alpha value is -0.330. The molecule has 0 aromatic carbocycles. The number of carbonyl (C=O) groups is 1. The zero-order valence-electron chi connectivity index (χ0n) is 9.39. The van der Waals surface area contributed by atoms with Crippen molar-refractivity contribution < 1.29 is 17.9 Å². The van der Waals surface area contributed by atoms with Crippen LogP contribution < -0.4 is 5.32 Å². The molecule has 0 radical (unpaired) electrons. The lowest BCUT2D eigenvalue weighted by Gasteiger charge is -2.16. The average molecular weight is 282 g/mol. The van der Waals surface area contributed by atoms with Gasteiger partial charge in [-0.1, -0.05) is 0 Å². The zero-order chi connectivity index (χ0) is 12.5. The molecule has 0 aromatic heterocycles. The Bertz CT molecular complexity index is 391. The van der Waals surface area contributed by atoms with E-state index in [1.54, 1.807) is 0 Å². The maximum atomic E-state index is 11.7. The molecule has 2 rings (SSSR count). The summed E-state index contributed by atoms with van der Waals surface area (Å²) in [5.74, 6) is -0.289. The maximum absolute atomic E-state index is 11.7. The minimum Gasteiger partial charge on any atom is -0.378 e. The Kier molecular flexibility index (Phi) is 3.95. The number of sulfone groups is 1. The van der Waals surface area contributed by atoms with Crippen LogP contribution >= 0.6 is 11.6 Å². The molecule has 17 heavy (non-hydrogen) atoms. The van der Waals surface area contributed by atoms with E-state index in [0.717, 1.165) is 12.8 Å². The van der Waals surface area contributed by atoms with Crippen LogP contribution in [0.15, 0.2) is 0 Å². The number of hydrogen-bond donors (Lipinski definition) is 1. The highest BCUT2D eigenvalue weighted by molar-refractivity contribution is 7.91. The SMILES string of the molecule is O=C(CC1CCCO1)NC1CS(=O)(=O)CC1Cl. The summed E-state index contributed by atoms with van der Waals surface area (Å²) in [6.45, 7) is 0.702. The smallest absolute Gasteiger partial charge is 0.222 e. The fraction of sp³-hybridized carbons (Fsp3) is 0.900. The summed E-state index contributed by atoms with van der Waals surface area (Å²) in [5.41, 5.74) is 0. The van der Waals surface area contributed by atoms with E-state index in [9.17, 15) is 13.2 Å². The van der Waals surface area contributed by atoms with E-state index in [0.29, 0.717) is 13.0 Å². The molecule has 3 unspecified atom stereocenters. The number of amides is 1. The molecule has 3 atom stereocenters. The molecule has 0 saturated carbocycles. The van der Waals surface area contributed by atoms with Crippen molar-refractivity contribution in [2.45, 2.75) is 36.8 Å². The van der Waals surface area contributed by atoms with Crippen molar-refractivity contribution in [3.63, 3.8) is 0 Å². The molecule has 0 aromatic rings. The Morgan fingerprint density at radius 2 is 2.18 bits per heavy atom. The van der Waals surface area contributed by atoms with Crippen molar-refractivity contribution in [1.82, 2.24) is 5.32 Å². The molecule has 2 aliphatic heterocycles. The van der Waals surface area contributed by atoms with E-state index in [1.165, 1.54) is 0 Å². The van der Waals surface area contributed by atoms with Crippen LogP contribution in [0.1, 0.15) is 19.3 Å². The lowest BCUT2D eigenvalue weighted by Crippen LogP contribution is -2.41. The second kappa shape index (κ2) is 5.12. The van der Waals surface area contributed by atoms with Crippen molar-refractivity contribution in [3.8, 4) is 0 Å². The van der Waals surface area contributed by atoms with Gasteiger partial charge in [-0.15, -0.1) is 11.6 Å². The number of carbonyl (C=O) groups excluding carboxylic acids is 1. The summed E-state index contributed by atoms with van der Waals surface area (Å²) in [5, 5.41) is 2.16. The number of ether oxygens (including phenoxy) is 1. The Labute approximate surface area is 106 Å². The van der Waals surface area contributed by atoms with Crippen molar-refractivity contribution in [2.24, 2.45) is 0 Å². The van der Waals surface area contributed by atoms with E-state index in [-0.39, 0.29) is 23.5 Å². The van der Waals surface area contributed by atoms with Crippen LogP contribution in [0.5, 0.6) is 0 Å². The van der Waals surface area contributed by atoms with Crippen molar-refractivity contribution in [1.29, 1.82) is 0 Å². The van der Waals surface area contributed by atoms with Crippen LogP contribution in [0.4, 0.5) is 0 Å². The van der Waals surface area contributed by atoms with E-state index in [1.807, 2.05) is 0 Å². The minimum absolute atomic E-state index is 0.0261. The third-order valence-corrected chi connectivity index (χ3v) is 5.44. The van der Waals surface area contributed by atoms with Gasteiger partial charge in [-0.2, -0.15) is 0 Å². The van der Waals surface area contributed by atoms with Gasteiger partial charge in [0.05, 0.1) is 35.4 Å². The van der Waals surface area contributed by atoms with Crippen LogP contribution in [0.25, 0.3) is 0 Å². The van der Waals surface area contributed by atoms with Crippen molar-refractivity contribution in [3.05, 3.63) is 0 Å². The molecule has 2 aliphatic rings. The Morgan fingerprint density at radius 1 is 1.41 bits per heavy atom. The second-order valence-electron chi connectivity index (χ2n) is 4.61. The van der Waals surface area contributed by atoms with Crippen molar-refractivity contribution in [2.75, 3.05) is 18.1 Å². The summed E-state index contributed by atoms with van der Waals surface area (Å²) in [4.78, 5) is 11.7. The first-order valence-electron chi connectivity index (χ1n) is 5.72. The fourth-order valence-corrected chi connectivity index (χ4v) is 4.76. The van der Waals surface area contributed by atoms with Gasteiger partial charge in [0.1, 0.15) is 0 Å². The highest BCUT2D eigenvalue weighted by Gasteiger charge is 2.37. The molecule has 7 heteroatoms. The summed E-state index contributed by atoms with van der Waals surface area (Å²) in [7, 11) is -3.10. The largest absolute Gasteiger partial charge is 0.378 e. The standard InChI is InChI=1S/C10H16ClNO4S/c11-8-5-17(14,15)6-9(8)12-10(13)4-7-2-1-3-16-7/h7-9H,1-6H2,(H,12,13). The highest BCUT2D eigenvalue weighted by atomic mass is 35.5. The predicted molar refractivity (Wildman–Crippen MR) is 63.8 cm³/mol. The molecular formula is C10H16ClNO4S. The van der Waals surface area contributed by atoms with Gasteiger partial charge in [0.15, 0.2) is 9.84 Å². The third-order valence-electron chi connectivity index (χ3n) is 3.07. The van der Waals surface area contributed by atoms with Gasteiger partial charge in [-0.25, -0.2) is 8.42 Å². The quantitative estimate of drug-likeness (QED) is 0.744. The maximum Gasteiger partial charge on any atom is 0.222 e. The summed E-state index contributed by atoms with van der Waals surface area (Å²) >= 11 is 5.90. The highest BCUT2D eigenvalue weighted by Crippen LogP contribution is 2.19. The van der Waals surface area contributed by atoms with Gasteiger partial charge in [0.2, 0.25) is 5.91 Å². The Balaban J connectivity index is 1.82. The molecule has 1 amide bonds. The molecular weight excluding hydrogens is 266 g/mol. The number of halogens is 1. The van der Waals surface area contributed by atoms with E-state index >= 15 is 0 Å². The van der Waals surface area contributed by atoms with Gasteiger partial charge in [-0.3, -0.25) is 4.79 Å². The molecule has 0 spiro atoms. The normalized spacial score (nSPS) is 35.9. The average Bonchev–Trinajstić information content (AvgIpc) is 2.75. The van der Waals surface area contributed by atoms with Gasteiger partial charge in [-0.05, 0) is 12.8 Å². The second-order valence-corrected chi connectivity index (χ2v) is 7.32. The monoisotopic (exact) mass is 281 g/mol. The zero-order valence-corrected chi connectivity index (χ0v) is 11.0. The third kappa shape index (κ3) is 3.56. The minimum atomic E-state index is -3.10. The lowest BCUT2D eigenvalue weighted by atomic mass is 10.1. The number of rotatable bonds is 3. The van der Waals surface area contributed by atoms with Crippen LogP contribution in [0.3, 0.4) is 0 Å². The molecule has 0 bridgehead atoms. The molecule has 2 fully saturated rings. The van der Waals surface area contributed by atoms with Gasteiger partial charge in [0, 0.05) is 6.61 Å². The predicted octanol–water partition coefficient (Wildman–Crippen LogP) is 0.0761. The van der Waals surface area contributed by atoms with Gasteiger partial charge < -0.3 is 10.1 Å². The fourth-order valence-electron chi connectivity index (χ4n) is 2.21. The summed E-state index contributed by atoms with van der Waals surface area (Å²) < 4.78 is 28.0. The number of hydrogen-bond acceptors (Lipinski definition) is 4. The van der Waals surface area contributed by atoms with E-state index < -0.39 is 21.3 Å². The molecule has 1 N–H and O–H groups in total. The molecule has 2 saturated heterocycles. The van der Waals surface area contributed by atoms with E-state index in [2.05, 4.69) is 5.32 Å². The molecule has 98 valence electrons.